The number of carboxylic acids is 1. The monoisotopic (exact) mass is 225 g/mol. The number of nitrogens with zero attached hydrogens (tertiary/aromatic N) is 2. The van der Waals surface area contributed by atoms with Gasteiger partial charge >= 0.3 is 5.97 Å². The molecule has 1 heterocycles. The van der Waals surface area contributed by atoms with Crippen molar-refractivity contribution in [3.63, 3.8) is 0 Å². The summed E-state index contributed by atoms with van der Waals surface area (Å²) in [6.45, 7) is 0. The van der Waals surface area contributed by atoms with E-state index in [2.05, 4.69) is 14.7 Å². The lowest BCUT2D eigenvalue weighted by Crippen LogP contribution is -2.04. The third kappa shape index (κ3) is 3.39. The summed E-state index contributed by atoms with van der Waals surface area (Å²) in [5.41, 5.74) is 0.524. The van der Waals surface area contributed by atoms with E-state index in [-0.39, 0.29) is 6.42 Å². The van der Waals surface area contributed by atoms with Gasteiger partial charge in [0.05, 0.1) is 12.1 Å². The molecule has 2 rings (SSSR count). The van der Waals surface area contributed by atoms with Gasteiger partial charge in [0.25, 0.3) is 0 Å². The Bertz CT molecular complexity index is 368. The van der Waals surface area contributed by atoms with Crippen LogP contribution in [0.5, 0.6) is 0 Å². The molecule has 1 aromatic heterocycles. The smallest absolute Gasteiger partial charge is 0.309 e. The van der Waals surface area contributed by atoms with Crippen LogP contribution in [0.25, 0.3) is 0 Å². The average Bonchev–Trinajstić information content (AvgIpc) is 2.97. The molecule has 6 heteroatoms. The number of carboxylic acid groups (broad SMARTS) is 1. The molecule has 0 bridgehead atoms. The second kappa shape index (κ2) is 4.48. The molecule has 1 saturated carbocycles. The molecule has 0 saturated heterocycles. The average molecular weight is 225 g/mol. The standard InChI is InChI=1S/C9H11N3O2S/c13-8(14)5-6-3-4-10-9(11-6)12-15-7-1-2-7/h3-4,7H,1-2,5H2,(H,13,14)(H,10,11,12). The normalized spacial score (nSPS) is 14.9. The lowest BCUT2D eigenvalue weighted by Gasteiger charge is -2.03. The first kappa shape index (κ1) is 10.2. The topological polar surface area (TPSA) is 75.1 Å². The summed E-state index contributed by atoms with van der Waals surface area (Å²) in [4.78, 5) is 18.6. The summed E-state index contributed by atoms with van der Waals surface area (Å²) in [6, 6.07) is 1.61. The molecular weight excluding hydrogens is 214 g/mol. The highest BCUT2D eigenvalue weighted by Gasteiger charge is 2.22. The highest BCUT2D eigenvalue weighted by Crippen LogP contribution is 2.33. The minimum atomic E-state index is -0.880. The molecule has 0 radical (unpaired) electrons. The van der Waals surface area contributed by atoms with Crippen LogP contribution in [0.4, 0.5) is 5.95 Å². The fourth-order valence-electron chi connectivity index (χ4n) is 1.02. The van der Waals surface area contributed by atoms with E-state index in [1.807, 2.05) is 0 Å². The van der Waals surface area contributed by atoms with E-state index in [0.29, 0.717) is 16.9 Å². The van der Waals surface area contributed by atoms with E-state index < -0.39 is 5.97 Å². The lowest BCUT2D eigenvalue weighted by atomic mass is 10.3. The minimum absolute atomic E-state index is 0.0642. The van der Waals surface area contributed by atoms with Crippen LogP contribution in [-0.2, 0) is 11.2 Å². The SMILES string of the molecule is O=C(O)Cc1ccnc(NSC2CC2)n1. The van der Waals surface area contributed by atoms with Crippen LogP contribution >= 0.6 is 11.9 Å². The Morgan fingerprint density at radius 3 is 3.13 bits per heavy atom. The van der Waals surface area contributed by atoms with Gasteiger partial charge in [0.1, 0.15) is 0 Å². The van der Waals surface area contributed by atoms with Crippen LogP contribution < -0.4 is 4.72 Å². The van der Waals surface area contributed by atoms with E-state index in [4.69, 9.17) is 5.11 Å². The number of rotatable bonds is 5. The van der Waals surface area contributed by atoms with Gasteiger partial charge in [0.2, 0.25) is 5.95 Å². The molecule has 2 N–H and O–H groups in total. The zero-order chi connectivity index (χ0) is 10.7. The molecule has 1 aliphatic carbocycles. The van der Waals surface area contributed by atoms with Gasteiger partial charge in [0, 0.05) is 11.4 Å². The molecule has 0 aromatic carbocycles. The second-order valence-electron chi connectivity index (χ2n) is 3.36. The van der Waals surface area contributed by atoms with Crippen LogP contribution in [0.3, 0.4) is 0 Å². The number of aromatic nitrogens is 2. The van der Waals surface area contributed by atoms with Gasteiger partial charge < -0.3 is 5.11 Å². The molecule has 0 atom stereocenters. The molecular formula is C9H11N3O2S. The zero-order valence-corrected chi connectivity index (χ0v) is 8.83. The number of anilines is 1. The van der Waals surface area contributed by atoms with Crippen molar-refractivity contribution in [2.75, 3.05) is 4.72 Å². The number of nitrogens with one attached hydrogen (secondary N) is 1. The van der Waals surface area contributed by atoms with Crippen LogP contribution in [-0.4, -0.2) is 26.3 Å². The van der Waals surface area contributed by atoms with Crippen molar-refractivity contribution >= 4 is 23.9 Å². The summed E-state index contributed by atoms with van der Waals surface area (Å²) >= 11 is 1.60. The Morgan fingerprint density at radius 1 is 1.67 bits per heavy atom. The highest BCUT2D eigenvalue weighted by atomic mass is 32.2. The Morgan fingerprint density at radius 2 is 2.47 bits per heavy atom. The summed E-state index contributed by atoms with van der Waals surface area (Å²) in [7, 11) is 0. The molecule has 1 aliphatic rings. The van der Waals surface area contributed by atoms with Gasteiger partial charge in [-0.3, -0.25) is 9.52 Å². The highest BCUT2D eigenvalue weighted by molar-refractivity contribution is 8.01. The fraction of sp³-hybridized carbons (Fsp3) is 0.444. The predicted molar refractivity (Wildman–Crippen MR) is 57.6 cm³/mol. The molecule has 5 nitrogen and oxygen atoms in total. The van der Waals surface area contributed by atoms with Crippen LogP contribution in [0, 0.1) is 0 Å². The maximum absolute atomic E-state index is 10.5. The largest absolute Gasteiger partial charge is 0.481 e. The van der Waals surface area contributed by atoms with Crippen LogP contribution in [0.2, 0.25) is 0 Å². The summed E-state index contributed by atoms with van der Waals surface area (Å²) in [5.74, 6) is -0.389. The van der Waals surface area contributed by atoms with Gasteiger partial charge in [-0.15, -0.1) is 0 Å². The molecule has 1 aromatic rings. The van der Waals surface area contributed by atoms with Crippen LogP contribution in [0.1, 0.15) is 18.5 Å². The van der Waals surface area contributed by atoms with Gasteiger partial charge in [-0.05, 0) is 30.9 Å². The van der Waals surface area contributed by atoms with Crippen molar-refractivity contribution in [1.29, 1.82) is 0 Å². The third-order valence-electron chi connectivity index (χ3n) is 1.89. The quantitative estimate of drug-likeness (QED) is 0.736. The Kier molecular flexibility index (Phi) is 3.05. The van der Waals surface area contributed by atoms with Gasteiger partial charge in [0.15, 0.2) is 0 Å². The minimum Gasteiger partial charge on any atom is -0.481 e. The van der Waals surface area contributed by atoms with Crippen LogP contribution in [0.15, 0.2) is 12.3 Å². The molecule has 1 fully saturated rings. The van der Waals surface area contributed by atoms with Crippen molar-refractivity contribution < 1.29 is 9.90 Å². The van der Waals surface area contributed by atoms with Gasteiger partial charge in [-0.1, -0.05) is 0 Å². The van der Waals surface area contributed by atoms with Crippen molar-refractivity contribution in [3.05, 3.63) is 18.0 Å². The van der Waals surface area contributed by atoms with Gasteiger partial charge in [-0.2, -0.15) is 0 Å². The first-order valence-corrected chi connectivity index (χ1v) is 5.57. The first-order chi connectivity index (χ1) is 7.24. The number of aliphatic carboxylic acids is 1. The van der Waals surface area contributed by atoms with Crippen molar-refractivity contribution in [1.82, 2.24) is 9.97 Å². The first-order valence-electron chi connectivity index (χ1n) is 4.69. The Labute approximate surface area is 91.5 Å². The third-order valence-corrected chi connectivity index (χ3v) is 2.99. The number of hydrogen-bond donors (Lipinski definition) is 2. The fourth-order valence-corrected chi connectivity index (χ4v) is 1.76. The van der Waals surface area contributed by atoms with Crippen molar-refractivity contribution in [2.45, 2.75) is 24.5 Å². The second-order valence-corrected chi connectivity index (χ2v) is 4.47. The van der Waals surface area contributed by atoms with E-state index >= 15 is 0 Å². The van der Waals surface area contributed by atoms with E-state index in [9.17, 15) is 4.79 Å². The Balaban J connectivity index is 1.94. The Hall–Kier alpha value is -1.30. The summed E-state index contributed by atoms with van der Waals surface area (Å²) in [6.07, 6.45) is 3.96. The van der Waals surface area contributed by atoms with Crippen molar-refractivity contribution in [2.24, 2.45) is 0 Å². The molecule has 15 heavy (non-hydrogen) atoms. The number of hydrogen-bond acceptors (Lipinski definition) is 5. The van der Waals surface area contributed by atoms with Crippen molar-refractivity contribution in [3.8, 4) is 0 Å². The summed E-state index contributed by atoms with van der Waals surface area (Å²) in [5, 5.41) is 9.26. The van der Waals surface area contributed by atoms with E-state index in [1.165, 1.54) is 12.8 Å². The van der Waals surface area contributed by atoms with E-state index in [0.717, 1.165) is 0 Å². The van der Waals surface area contributed by atoms with E-state index in [1.54, 1.807) is 24.2 Å². The molecule has 0 amide bonds. The lowest BCUT2D eigenvalue weighted by molar-refractivity contribution is -0.136. The molecule has 0 spiro atoms. The predicted octanol–water partition coefficient (Wildman–Crippen LogP) is 1.33. The maximum Gasteiger partial charge on any atom is 0.309 e. The summed E-state index contributed by atoms with van der Waals surface area (Å²) < 4.78 is 3.02. The number of carbonyl (C=O) groups is 1. The molecule has 0 unspecified atom stereocenters. The maximum atomic E-state index is 10.5. The molecule has 80 valence electrons. The zero-order valence-electron chi connectivity index (χ0n) is 8.01. The molecule has 0 aliphatic heterocycles. The van der Waals surface area contributed by atoms with Gasteiger partial charge in [-0.25, -0.2) is 9.97 Å².